The Hall–Kier alpha value is -3.75. The number of nitrogens with one attached hydrogen (secondary N) is 2. The van der Waals surface area contributed by atoms with Crippen molar-refractivity contribution < 1.29 is 23.1 Å². The van der Waals surface area contributed by atoms with Gasteiger partial charge in [0.05, 0.1) is 19.1 Å². The van der Waals surface area contributed by atoms with Gasteiger partial charge in [0.25, 0.3) is 0 Å². The van der Waals surface area contributed by atoms with Crippen LogP contribution in [-0.2, 0) is 27.8 Å². The molecule has 0 radical (unpaired) electrons. The first kappa shape index (κ1) is 28.3. The lowest BCUT2D eigenvalue weighted by Gasteiger charge is -2.52. The van der Waals surface area contributed by atoms with Crippen molar-refractivity contribution in [1.29, 1.82) is 0 Å². The van der Waals surface area contributed by atoms with Crippen molar-refractivity contribution in [2.75, 3.05) is 20.2 Å². The molecular formula is C30H36F2N4O3. The highest BCUT2D eigenvalue weighted by Crippen LogP contribution is 2.41. The predicted molar refractivity (Wildman–Crippen MR) is 144 cm³/mol. The number of amides is 2. The number of likely N-dealkylation sites (tertiary alicyclic amines) is 1. The highest BCUT2D eigenvalue weighted by Gasteiger charge is 2.48. The second-order valence-electron chi connectivity index (χ2n) is 10.3. The number of unbranched alkanes of at least 4 members (excludes halogenated alkanes) is 2. The van der Waals surface area contributed by atoms with Crippen molar-refractivity contribution in [3.8, 4) is 5.75 Å². The van der Waals surface area contributed by atoms with E-state index >= 15 is 0 Å². The molecule has 2 aromatic carbocycles. The maximum atomic E-state index is 14.9. The van der Waals surface area contributed by atoms with Gasteiger partial charge in [0.2, 0.25) is 11.8 Å². The Morgan fingerprint density at radius 2 is 1.92 bits per heavy atom. The van der Waals surface area contributed by atoms with Gasteiger partial charge in [-0.15, -0.1) is 0 Å². The van der Waals surface area contributed by atoms with Crippen molar-refractivity contribution in [3.63, 3.8) is 0 Å². The maximum absolute atomic E-state index is 14.9. The molecule has 2 heterocycles. The fourth-order valence-corrected chi connectivity index (χ4v) is 5.29. The smallest absolute Gasteiger partial charge is 0.245 e. The minimum Gasteiger partial charge on any atom is -0.497 e. The lowest BCUT2D eigenvalue weighted by Crippen LogP contribution is -2.65. The quantitative estimate of drug-likeness (QED) is 0.309. The summed E-state index contributed by atoms with van der Waals surface area (Å²) in [5.74, 6) is -0.966. The minimum absolute atomic E-state index is 0.193. The van der Waals surface area contributed by atoms with E-state index in [-0.39, 0.29) is 18.2 Å². The van der Waals surface area contributed by atoms with Crippen LogP contribution >= 0.6 is 0 Å². The molecule has 208 valence electrons. The van der Waals surface area contributed by atoms with Crippen LogP contribution in [0.5, 0.6) is 5.75 Å². The summed E-state index contributed by atoms with van der Waals surface area (Å²) in [6.45, 7) is 2.74. The molecular weight excluding hydrogens is 502 g/mol. The molecule has 1 fully saturated rings. The molecule has 1 atom stereocenters. The van der Waals surface area contributed by atoms with Gasteiger partial charge in [-0.2, -0.15) is 0 Å². The highest BCUT2D eigenvalue weighted by atomic mass is 19.1. The van der Waals surface area contributed by atoms with Crippen molar-refractivity contribution in [1.82, 2.24) is 20.2 Å². The number of aryl methyl sites for hydroxylation is 1. The van der Waals surface area contributed by atoms with Crippen LogP contribution in [0.1, 0.15) is 55.8 Å². The minimum atomic E-state index is -0.781. The van der Waals surface area contributed by atoms with E-state index in [1.54, 1.807) is 24.5 Å². The number of ether oxygens (including phenoxy) is 1. The average molecular weight is 539 g/mol. The van der Waals surface area contributed by atoms with Gasteiger partial charge >= 0.3 is 0 Å². The Labute approximate surface area is 228 Å². The van der Waals surface area contributed by atoms with E-state index in [9.17, 15) is 18.4 Å². The fraction of sp³-hybridized carbons (Fsp3) is 0.433. The van der Waals surface area contributed by atoms with E-state index in [0.717, 1.165) is 36.6 Å². The number of carbonyl (C=O) groups is 2. The first-order chi connectivity index (χ1) is 18.8. The van der Waals surface area contributed by atoms with Crippen LogP contribution in [0.2, 0.25) is 0 Å². The monoisotopic (exact) mass is 538 g/mol. The number of hydrogen-bond donors (Lipinski definition) is 2. The number of H-pyrrole nitrogens is 1. The van der Waals surface area contributed by atoms with Gasteiger partial charge in [0, 0.05) is 43.6 Å². The number of carbonyl (C=O) groups excluding carboxylic acids is 2. The molecule has 9 heteroatoms. The van der Waals surface area contributed by atoms with E-state index in [1.165, 1.54) is 12.1 Å². The molecule has 1 aliphatic heterocycles. The highest BCUT2D eigenvalue weighted by molar-refractivity contribution is 5.88. The molecule has 0 bridgehead atoms. The number of methoxy groups -OCH3 is 1. The molecule has 0 saturated carbocycles. The van der Waals surface area contributed by atoms with Crippen LogP contribution in [0, 0.1) is 11.6 Å². The molecule has 1 aromatic heterocycles. The Bertz CT molecular complexity index is 1240. The molecule has 4 rings (SSSR count). The lowest BCUT2D eigenvalue weighted by molar-refractivity contribution is -0.143. The largest absolute Gasteiger partial charge is 0.497 e. The predicted octanol–water partition coefficient (Wildman–Crippen LogP) is 4.72. The van der Waals surface area contributed by atoms with Crippen LogP contribution in [-0.4, -0.2) is 52.9 Å². The average Bonchev–Trinajstić information content (AvgIpc) is 3.43. The summed E-state index contributed by atoms with van der Waals surface area (Å²) in [4.78, 5) is 35.3. The SMILES string of the molecule is CCCCCC1(c2ccc(F)cc2F)CN(C(=O)[C@@H](Cc2ccc(OC)cc2)NC(=O)CCc2c[nH]cn2)C1. The lowest BCUT2D eigenvalue weighted by atomic mass is 9.69. The van der Waals surface area contributed by atoms with Crippen LogP contribution in [0.4, 0.5) is 8.78 Å². The molecule has 2 N–H and O–H groups in total. The normalized spacial score (nSPS) is 14.9. The van der Waals surface area contributed by atoms with E-state index in [0.29, 0.717) is 43.7 Å². The molecule has 1 saturated heterocycles. The van der Waals surface area contributed by atoms with Crippen molar-refractivity contribution >= 4 is 11.8 Å². The fourth-order valence-electron chi connectivity index (χ4n) is 5.29. The second kappa shape index (κ2) is 12.9. The Morgan fingerprint density at radius 3 is 2.56 bits per heavy atom. The molecule has 0 unspecified atom stereocenters. The van der Waals surface area contributed by atoms with Crippen molar-refractivity contribution in [3.05, 3.63) is 83.4 Å². The van der Waals surface area contributed by atoms with Gasteiger partial charge in [0.1, 0.15) is 23.4 Å². The van der Waals surface area contributed by atoms with Gasteiger partial charge < -0.3 is 19.9 Å². The molecule has 0 aliphatic carbocycles. The van der Waals surface area contributed by atoms with Gasteiger partial charge in [-0.1, -0.05) is 44.4 Å². The second-order valence-corrected chi connectivity index (χ2v) is 10.3. The first-order valence-corrected chi connectivity index (χ1v) is 13.5. The Balaban J connectivity index is 1.49. The number of rotatable bonds is 13. The summed E-state index contributed by atoms with van der Waals surface area (Å²) in [6.07, 6.45) is 7.83. The van der Waals surface area contributed by atoms with Gasteiger partial charge in [-0.25, -0.2) is 13.8 Å². The van der Waals surface area contributed by atoms with Crippen LogP contribution in [0.15, 0.2) is 55.0 Å². The van der Waals surface area contributed by atoms with E-state index in [4.69, 9.17) is 4.74 Å². The van der Waals surface area contributed by atoms with Gasteiger partial charge in [0.15, 0.2) is 0 Å². The Kier molecular flexibility index (Phi) is 9.32. The van der Waals surface area contributed by atoms with E-state index < -0.39 is 23.1 Å². The molecule has 3 aromatic rings. The summed E-state index contributed by atoms with van der Waals surface area (Å²) < 4.78 is 33.7. The molecule has 39 heavy (non-hydrogen) atoms. The molecule has 7 nitrogen and oxygen atoms in total. The maximum Gasteiger partial charge on any atom is 0.245 e. The number of benzene rings is 2. The third-order valence-electron chi connectivity index (χ3n) is 7.46. The summed E-state index contributed by atoms with van der Waals surface area (Å²) in [5, 5.41) is 2.92. The molecule has 1 aliphatic rings. The summed E-state index contributed by atoms with van der Waals surface area (Å²) in [6, 6.07) is 10.3. The van der Waals surface area contributed by atoms with Crippen molar-refractivity contribution in [2.45, 2.75) is 63.3 Å². The zero-order valence-corrected chi connectivity index (χ0v) is 22.5. The number of aromatic nitrogens is 2. The third-order valence-corrected chi connectivity index (χ3v) is 7.46. The number of aromatic amines is 1. The van der Waals surface area contributed by atoms with Crippen molar-refractivity contribution in [2.24, 2.45) is 0 Å². The van der Waals surface area contributed by atoms with Crippen LogP contribution < -0.4 is 10.1 Å². The summed E-state index contributed by atoms with van der Waals surface area (Å²) in [7, 11) is 1.58. The number of hydrogen-bond acceptors (Lipinski definition) is 4. The first-order valence-electron chi connectivity index (χ1n) is 13.5. The van der Waals surface area contributed by atoms with E-state index in [1.807, 2.05) is 24.3 Å². The standard InChI is InChI=1S/C30H36F2N4O3/c1-3-4-5-14-30(25-12-8-22(31)16-26(25)32)18-36(19-30)29(38)27(15-21-6-10-24(39-2)11-7-21)35-28(37)13-9-23-17-33-20-34-23/h6-8,10-12,16-17,20,27H,3-5,9,13-15,18-19H2,1-2H3,(H,33,34)(H,35,37)/t27-/m1/s1. The van der Waals surface area contributed by atoms with Crippen LogP contribution in [0.25, 0.3) is 0 Å². The van der Waals surface area contributed by atoms with Gasteiger partial charge in [-0.05, 0) is 42.2 Å². The number of nitrogens with zero attached hydrogens (tertiary/aromatic N) is 2. The van der Waals surface area contributed by atoms with E-state index in [2.05, 4.69) is 22.2 Å². The zero-order chi connectivity index (χ0) is 27.8. The van der Waals surface area contributed by atoms with Gasteiger partial charge in [-0.3, -0.25) is 9.59 Å². The Morgan fingerprint density at radius 1 is 1.15 bits per heavy atom. The zero-order valence-electron chi connectivity index (χ0n) is 22.5. The topological polar surface area (TPSA) is 87.3 Å². The third kappa shape index (κ3) is 7.02. The molecule has 0 spiro atoms. The van der Waals surface area contributed by atoms with Crippen LogP contribution in [0.3, 0.4) is 0 Å². The molecule has 2 amide bonds. The summed E-state index contributed by atoms with van der Waals surface area (Å²) >= 11 is 0. The number of imidazole rings is 1. The summed E-state index contributed by atoms with van der Waals surface area (Å²) in [5.41, 5.74) is 1.51. The number of halogens is 2.